The minimum absolute atomic E-state index is 0.476. The Morgan fingerprint density at radius 1 is 1.32 bits per heavy atom. The molecule has 0 aliphatic carbocycles. The lowest BCUT2D eigenvalue weighted by Gasteiger charge is -2.44. The van der Waals surface area contributed by atoms with Crippen molar-refractivity contribution in [2.24, 2.45) is 0 Å². The normalized spacial score (nSPS) is 31.0. The van der Waals surface area contributed by atoms with Crippen LogP contribution in [0.1, 0.15) is 25.5 Å². The van der Waals surface area contributed by atoms with Crippen molar-refractivity contribution in [2.75, 3.05) is 0 Å². The average molecular weight is 365 g/mol. The first-order chi connectivity index (χ1) is 11.7. The SMILES string of the molecule is CC1(C)[C@@H](C(=O)[O-])N2C(=O)[C@@H](NC(=O)[C@H]([NH3+])c3ccccc3)[C@H]2[S@]1=O. The molecule has 4 N–H and O–H groups in total. The highest BCUT2D eigenvalue weighted by molar-refractivity contribution is 7.87. The zero-order chi connectivity index (χ0) is 18.5. The van der Waals surface area contributed by atoms with Crippen molar-refractivity contribution in [1.29, 1.82) is 0 Å². The molecule has 134 valence electrons. The molecule has 2 heterocycles. The molecule has 0 radical (unpaired) electrons. The van der Waals surface area contributed by atoms with Crippen molar-refractivity contribution < 1.29 is 29.4 Å². The van der Waals surface area contributed by atoms with Crippen LogP contribution < -0.4 is 16.2 Å². The van der Waals surface area contributed by atoms with Crippen molar-refractivity contribution in [3.05, 3.63) is 35.9 Å². The van der Waals surface area contributed by atoms with Gasteiger partial charge in [-0.1, -0.05) is 30.3 Å². The maximum Gasteiger partial charge on any atom is 0.283 e. The zero-order valence-electron chi connectivity index (χ0n) is 13.8. The molecule has 2 fully saturated rings. The molecular formula is C16H19N3O5S. The molecule has 25 heavy (non-hydrogen) atoms. The second-order valence-electron chi connectivity index (χ2n) is 6.71. The number of carbonyl (C=O) groups is 3. The number of carboxylic acids is 1. The van der Waals surface area contributed by atoms with E-state index in [0.29, 0.717) is 5.56 Å². The number of fused-ring (bicyclic) bond motifs is 1. The predicted molar refractivity (Wildman–Crippen MR) is 85.7 cm³/mol. The summed E-state index contributed by atoms with van der Waals surface area (Å²) in [6, 6.07) is 5.83. The Kier molecular flexibility index (Phi) is 4.16. The van der Waals surface area contributed by atoms with Crippen molar-refractivity contribution in [1.82, 2.24) is 10.2 Å². The van der Waals surface area contributed by atoms with E-state index in [1.807, 2.05) is 6.07 Å². The van der Waals surface area contributed by atoms with Gasteiger partial charge in [0.2, 0.25) is 5.91 Å². The number of benzene rings is 1. The summed E-state index contributed by atoms with van der Waals surface area (Å²) in [6.07, 6.45) is 0. The van der Waals surface area contributed by atoms with Crippen LogP contribution in [0.15, 0.2) is 30.3 Å². The fourth-order valence-electron chi connectivity index (χ4n) is 3.36. The van der Waals surface area contributed by atoms with Gasteiger partial charge in [0.15, 0.2) is 6.04 Å². The Morgan fingerprint density at radius 3 is 2.48 bits per heavy atom. The molecule has 2 aliphatic rings. The Hall–Kier alpha value is -2.26. The smallest absolute Gasteiger partial charge is 0.283 e. The summed E-state index contributed by atoms with van der Waals surface area (Å²) >= 11 is 0. The van der Waals surface area contributed by atoms with Gasteiger partial charge < -0.3 is 25.9 Å². The van der Waals surface area contributed by atoms with Gasteiger partial charge in [0.05, 0.1) is 27.6 Å². The van der Waals surface area contributed by atoms with Gasteiger partial charge in [0.25, 0.3) is 5.91 Å². The van der Waals surface area contributed by atoms with Crippen LogP contribution in [0.25, 0.3) is 0 Å². The number of carboxylic acid groups (broad SMARTS) is 1. The number of carbonyl (C=O) groups excluding carboxylic acids is 3. The van der Waals surface area contributed by atoms with Gasteiger partial charge >= 0.3 is 0 Å². The van der Waals surface area contributed by atoms with E-state index in [-0.39, 0.29) is 0 Å². The first-order valence-electron chi connectivity index (χ1n) is 7.80. The highest BCUT2D eigenvalue weighted by atomic mass is 32.2. The molecule has 8 nitrogen and oxygen atoms in total. The van der Waals surface area contributed by atoms with Gasteiger partial charge in [-0.05, 0) is 13.8 Å². The van der Waals surface area contributed by atoms with E-state index >= 15 is 0 Å². The molecule has 5 atom stereocenters. The summed E-state index contributed by atoms with van der Waals surface area (Å²) in [7, 11) is -1.65. The number of nitrogens with zero attached hydrogens (tertiary/aromatic N) is 1. The fraction of sp³-hybridized carbons (Fsp3) is 0.438. The minimum atomic E-state index is -1.65. The molecule has 0 spiro atoms. The van der Waals surface area contributed by atoms with Gasteiger partial charge in [0, 0.05) is 5.56 Å². The van der Waals surface area contributed by atoms with Gasteiger partial charge in [-0.3, -0.25) is 13.8 Å². The lowest BCUT2D eigenvalue weighted by molar-refractivity contribution is -0.409. The molecule has 3 rings (SSSR count). The third-order valence-corrected chi connectivity index (χ3v) is 6.99. The Morgan fingerprint density at radius 2 is 1.92 bits per heavy atom. The van der Waals surface area contributed by atoms with Gasteiger partial charge in [-0.15, -0.1) is 0 Å². The summed E-state index contributed by atoms with van der Waals surface area (Å²) < 4.78 is 11.5. The lowest BCUT2D eigenvalue weighted by atomic mass is 9.95. The quantitative estimate of drug-likeness (QED) is 0.559. The van der Waals surface area contributed by atoms with E-state index in [1.54, 1.807) is 24.3 Å². The van der Waals surface area contributed by atoms with Crippen molar-refractivity contribution in [3.8, 4) is 0 Å². The highest BCUT2D eigenvalue weighted by Gasteiger charge is 2.66. The van der Waals surface area contributed by atoms with Crippen LogP contribution in [0.4, 0.5) is 0 Å². The van der Waals surface area contributed by atoms with Crippen LogP contribution in [0.3, 0.4) is 0 Å². The summed E-state index contributed by atoms with van der Waals surface area (Å²) in [5, 5.41) is 13.1. The minimum Gasteiger partial charge on any atom is -0.548 e. The van der Waals surface area contributed by atoms with E-state index < -0.39 is 56.8 Å². The fourth-order valence-corrected chi connectivity index (χ4v) is 5.28. The first-order valence-corrected chi connectivity index (χ1v) is 9.01. The van der Waals surface area contributed by atoms with Crippen molar-refractivity contribution in [2.45, 2.75) is 42.1 Å². The van der Waals surface area contributed by atoms with E-state index in [9.17, 15) is 23.7 Å². The number of rotatable bonds is 4. The maximum atomic E-state index is 12.6. The largest absolute Gasteiger partial charge is 0.548 e. The molecule has 1 aromatic rings. The molecule has 2 amide bonds. The maximum absolute atomic E-state index is 12.6. The second kappa shape index (κ2) is 5.92. The Labute approximate surface area is 146 Å². The van der Waals surface area contributed by atoms with Gasteiger partial charge in [-0.2, -0.15) is 0 Å². The molecule has 0 saturated carbocycles. The van der Waals surface area contributed by atoms with Crippen molar-refractivity contribution >= 4 is 28.6 Å². The molecule has 0 aromatic heterocycles. The number of hydrogen-bond acceptors (Lipinski definition) is 5. The zero-order valence-corrected chi connectivity index (χ0v) is 14.6. The average Bonchev–Trinajstić information content (AvgIpc) is 2.77. The number of hydrogen-bond donors (Lipinski definition) is 2. The van der Waals surface area contributed by atoms with Crippen molar-refractivity contribution in [3.63, 3.8) is 0 Å². The highest BCUT2D eigenvalue weighted by Crippen LogP contribution is 2.43. The number of amides is 2. The molecular weight excluding hydrogens is 346 g/mol. The third kappa shape index (κ3) is 2.54. The Balaban J connectivity index is 1.78. The van der Waals surface area contributed by atoms with Gasteiger partial charge in [0.1, 0.15) is 11.4 Å². The molecule has 0 unspecified atom stereocenters. The summed E-state index contributed by atoms with van der Waals surface area (Å²) in [4.78, 5) is 37.2. The number of nitrogens with one attached hydrogen (secondary N) is 1. The molecule has 9 heteroatoms. The Bertz CT molecular complexity index is 766. The standard InChI is InChI=1S/C16H19N3O5S/c1-16(2)11(15(22)23)19-13(21)10(14(19)25(16)24)18-12(20)9(17)8-6-4-3-5-7-8/h3-7,9-11,14H,17H2,1-2H3,(H,18,20)(H,22,23)/t9-,10-,11-,14-,25-/m1/s1. The summed E-state index contributed by atoms with van der Waals surface area (Å²) in [6.45, 7) is 3.03. The first kappa shape index (κ1) is 17.6. The monoisotopic (exact) mass is 365 g/mol. The molecule has 2 aliphatic heterocycles. The van der Waals surface area contributed by atoms with E-state index in [0.717, 1.165) is 4.90 Å². The van der Waals surface area contributed by atoms with Crippen LogP contribution >= 0.6 is 0 Å². The molecule has 2 saturated heterocycles. The van der Waals surface area contributed by atoms with Gasteiger partial charge in [-0.25, -0.2) is 0 Å². The number of aliphatic carboxylic acids is 1. The summed E-state index contributed by atoms with van der Waals surface area (Å²) in [5.74, 6) is -2.49. The third-order valence-electron chi connectivity index (χ3n) is 4.79. The molecule has 0 bridgehead atoms. The van der Waals surface area contributed by atoms with Crippen LogP contribution in [0.5, 0.6) is 0 Å². The summed E-state index contributed by atoms with van der Waals surface area (Å²) in [5.41, 5.74) is 4.49. The predicted octanol–water partition coefficient (Wildman–Crippen LogP) is -2.72. The van der Waals surface area contributed by atoms with E-state index in [4.69, 9.17) is 0 Å². The van der Waals surface area contributed by atoms with Crippen LogP contribution in [-0.4, -0.2) is 49.1 Å². The van der Waals surface area contributed by atoms with Crippen LogP contribution in [-0.2, 0) is 25.2 Å². The lowest BCUT2D eigenvalue weighted by Crippen LogP contribution is -2.74. The van der Waals surface area contributed by atoms with Crippen LogP contribution in [0.2, 0.25) is 0 Å². The number of β-lactam (4-membered cyclic amide) rings is 1. The second-order valence-corrected chi connectivity index (χ2v) is 8.84. The topological polar surface area (TPSA) is 134 Å². The van der Waals surface area contributed by atoms with E-state index in [2.05, 4.69) is 11.1 Å². The van der Waals surface area contributed by atoms with Crippen LogP contribution in [0, 0.1) is 0 Å². The van der Waals surface area contributed by atoms with E-state index in [1.165, 1.54) is 13.8 Å². The number of quaternary nitrogens is 1. The molecule has 1 aromatic carbocycles.